The Morgan fingerprint density at radius 1 is 1.17 bits per heavy atom. The van der Waals surface area contributed by atoms with Crippen LogP contribution in [0.25, 0.3) is 11.5 Å². The van der Waals surface area contributed by atoms with E-state index in [1.54, 1.807) is 36.4 Å². The normalized spacial score (nSPS) is 10.7. The first-order chi connectivity index (χ1) is 11.2. The molecule has 3 aromatic rings. The van der Waals surface area contributed by atoms with Crippen molar-refractivity contribution >= 4 is 11.6 Å². The number of aromatic nitrogens is 1. The Labute approximate surface area is 133 Å². The summed E-state index contributed by atoms with van der Waals surface area (Å²) in [5.74, 6) is 0.996. The van der Waals surface area contributed by atoms with E-state index in [0.717, 1.165) is 5.69 Å². The summed E-state index contributed by atoms with van der Waals surface area (Å²) in [6.45, 7) is 0.160. The molecule has 0 N–H and O–H groups in total. The molecule has 3 rings (SSSR count). The van der Waals surface area contributed by atoms with Gasteiger partial charge in [0.05, 0.1) is 12.9 Å². The second-order valence-electron chi connectivity index (χ2n) is 4.94. The Morgan fingerprint density at radius 3 is 2.74 bits per heavy atom. The van der Waals surface area contributed by atoms with E-state index in [9.17, 15) is 4.79 Å². The highest BCUT2D eigenvalue weighted by atomic mass is 16.5. The molecule has 0 fully saturated rings. The summed E-state index contributed by atoms with van der Waals surface area (Å²) in [6.07, 6.45) is 1.56. The molecule has 6 nitrogen and oxygen atoms in total. The average Bonchev–Trinajstić information content (AvgIpc) is 3.26. The van der Waals surface area contributed by atoms with Gasteiger partial charge in [0.25, 0.3) is 5.91 Å². The maximum Gasteiger partial charge on any atom is 0.252 e. The molecule has 0 saturated heterocycles. The SMILES string of the molecule is CN(C(=O)COCc1cc(-c2ccco2)on1)c1ccccc1. The van der Waals surface area contributed by atoms with Crippen LogP contribution in [-0.4, -0.2) is 24.7 Å². The van der Waals surface area contributed by atoms with E-state index < -0.39 is 0 Å². The second kappa shape index (κ2) is 6.93. The van der Waals surface area contributed by atoms with E-state index in [0.29, 0.717) is 17.2 Å². The van der Waals surface area contributed by atoms with Crippen molar-refractivity contribution in [1.29, 1.82) is 0 Å². The fourth-order valence-electron chi connectivity index (χ4n) is 2.05. The quantitative estimate of drug-likeness (QED) is 0.699. The van der Waals surface area contributed by atoms with Crippen LogP contribution in [0.5, 0.6) is 0 Å². The fourth-order valence-corrected chi connectivity index (χ4v) is 2.05. The summed E-state index contributed by atoms with van der Waals surface area (Å²) in [5, 5.41) is 3.89. The molecule has 0 radical (unpaired) electrons. The predicted molar refractivity (Wildman–Crippen MR) is 83.7 cm³/mol. The number of ether oxygens (including phenoxy) is 1. The summed E-state index contributed by atoms with van der Waals surface area (Å²) in [4.78, 5) is 13.6. The van der Waals surface area contributed by atoms with Gasteiger partial charge in [-0.1, -0.05) is 23.4 Å². The molecule has 0 aliphatic rings. The number of anilines is 1. The van der Waals surface area contributed by atoms with Crippen LogP contribution in [-0.2, 0) is 16.1 Å². The molecule has 118 valence electrons. The highest BCUT2D eigenvalue weighted by Crippen LogP contribution is 2.20. The maximum absolute atomic E-state index is 12.1. The van der Waals surface area contributed by atoms with Crippen LogP contribution in [0.3, 0.4) is 0 Å². The van der Waals surface area contributed by atoms with Gasteiger partial charge < -0.3 is 18.6 Å². The van der Waals surface area contributed by atoms with Gasteiger partial charge >= 0.3 is 0 Å². The fraction of sp³-hybridized carbons (Fsp3) is 0.176. The zero-order chi connectivity index (χ0) is 16.1. The molecule has 1 amide bonds. The zero-order valence-electron chi connectivity index (χ0n) is 12.6. The molecule has 23 heavy (non-hydrogen) atoms. The molecule has 0 unspecified atom stereocenters. The lowest BCUT2D eigenvalue weighted by Gasteiger charge is -2.16. The van der Waals surface area contributed by atoms with Crippen LogP contribution in [0.15, 0.2) is 63.7 Å². The number of carbonyl (C=O) groups excluding carboxylic acids is 1. The average molecular weight is 312 g/mol. The molecule has 0 saturated carbocycles. The molecule has 2 aromatic heterocycles. The molecule has 0 spiro atoms. The lowest BCUT2D eigenvalue weighted by molar-refractivity contribution is -0.123. The van der Waals surface area contributed by atoms with Crippen LogP contribution >= 0.6 is 0 Å². The van der Waals surface area contributed by atoms with Gasteiger partial charge in [-0.2, -0.15) is 0 Å². The number of amides is 1. The van der Waals surface area contributed by atoms with Crippen molar-refractivity contribution in [1.82, 2.24) is 5.16 Å². The minimum atomic E-state index is -0.133. The summed E-state index contributed by atoms with van der Waals surface area (Å²) < 4.78 is 15.8. The summed E-state index contributed by atoms with van der Waals surface area (Å²) >= 11 is 0. The molecular formula is C17H16N2O4. The van der Waals surface area contributed by atoms with E-state index in [2.05, 4.69) is 5.16 Å². The van der Waals surface area contributed by atoms with Crippen molar-refractivity contribution in [2.24, 2.45) is 0 Å². The van der Waals surface area contributed by atoms with Gasteiger partial charge in [-0.3, -0.25) is 4.79 Å². The van der Waals surface area contributed by atoms with E-state index in [1.165, 1.54) is 0 Å². The topological polar surface area (TPSA) is 68.7 Å². The lowest BCUT2D eigenvalue weighted by atomic mass is 10.3. The highest BCUT2D eigenvalue weighted by Gasteiger charge is 2.12. The number of carbonyl (C=O) groups is 1. The van der Waals surface area contributed by atoms with Crippen molar-refractivity contribution < 1.29 is 18.5 Å². The second-order valence-corrected chi connectivity index (χ2v) is 4.94. The number of rotatable bonds is 6. The lowest BCUT2D eigenvalue weighted by Crippen LogP contribution is -2.30. The maximum atomic E-state index is 12.1. The van der Waals surface area contributed by atoms with Gasteiger partial charge in [-0.25, -0.2) is 0 Å². The number of nitrogens with zero attached hydrogens (tertiary/aromatic N) is 2. The summed E-state index contributed by atoms with van der Waals surface area (Å²) in [5.41, 5.74) is 1.43. The third kappa shape index (κ3) is 3.67. The van der Waals surface area contributed by atoms with Gasteiger partial charge in [0.2, 0.25) is 5.76 Å². The molecule has 6 heteroatoms. The number of furan rings is 1. The van der Waals surface area contributed by atoms with Crippen molar-refractivity contribution in [3.05, 3.63) is 60.5 Å². The molecule has 0 aliphatic carbocycles. The zero-order valence-corrected chi connectivity index (χ0v) is 12.6. The number of para-hydroxylation sites is 1. The monoisotopic (exact) mass is 312 g/mol. The van der Waals surface area contributed by atoms with Gasteiger partial charge in [0.15, 0.2) is 5.76 Å². The number of benzene rings is 1. The molecule has 1 aromatic carbocycles. The number of hydrogen-bond donors (Lipinski definition) is 0. The van der Waals surface area contributed by atoms with Gasteiger partial charge in [0, 0.05) is 18.8 Å². The van der Waals surface area contributed by atoms with Crippen LogP contribution in [0.4, 0.5) is 5.69 Å². The van der Waals surface area contributed by atoms with E-state index >= 15 is 0 Å². The van der Waals surface area contributed by atoms with Crippen LogP contribution in [0, 0.1) is 0 Å². The first kappa shape index (κ1) is 15.1. The molecular weight excluding hydrogens is 296 g/mol. The standard InChI is InChI=1S/C17H16N2O4/c1-19(14-6-3-2-4-7-14)17(20)12-21-11-13-10-16(23-18-13)15-8-5-9-22-15/h2-10H,11-12H2,1H3. The Morgan fingerprint density at radius 2 is 2.00 bits per heavy atom. The first-order valence-electron chi connectivity index (χ1n) is 7.13. The predicted octanol–water partition coefficient (Wildman–Crippen LogP) is 3.11. The Bertz CT molecular complexity index is 750. The number of hydrogen-bond acceptors (Lipinski definition) is 5. The Kier molecular flexibility index (Phi) is 4.54. The molecule has 0 atom stereocenters. The van der Waals surface area contributed by atoms with Crippen molar-refractivity contribution in [2.75, 3.05) is 18.6 Å². The van der Waals surface area contributed by atoms with Gasteiger partial charge in [-0.05, 0) is 24.3 Å². The smallest absolute Gasteiger partial charge is 0.252 e. The minimum Gasteiger partial charge on any atom is -0.461 e. The summed E-state index contributed by atoms with van der Waals surface area (Å²) in [7, 11) is 1.71. The molecule has 2 heterocycles. The number of likely N-dealkylation sites (N-methyl/N-ethyl adjacent to an activating group) is 1. The van der Waals surface area contributed by atoms with Crippen LogP contribution in [0.1, 0.15) is 5.69 Å². The van der Waals surface area contributed by atoms with Crippen LogP contribution in [0.2, 0.25) is 0 Å². The summed E-state index contributed by atoms with van der Waals surface area (Å²) in [6, 6.07) is 14.7. The van der Waals surface area contributed by atoms with Crippen molar-refractivity contribution in [3.8, 4) is 11.5 Å². The Hall–Kier alpha value is -2.86. The largest absolute Gasteiger partial charge is 0.461 e. The van der Waals surface area contributed by atoms with Crippen molar-refractivity contribution in [2.45, 2.75) is 6.61 Å². The third-order valence-corrected chi connectivity index (χ3v) is 3.32. The first-order valence-corrected chi connectivity index (χ1v) is 7.13. The van der Waals surface area contributed by atoms with Crippen molar-refractivity contribution in [3.63, 3.8) is 0 Å². The molecule has 0 bridgehead atoms. The Balaban J connectivity index is 1.50. The van der Waals surface area contributed by atoms with Gasteiger partial charge in [-0.15, -0.1) is 0 Å². The molecule has 0 aliphatic heterocycles. The highest BCUT2D eigenvalue weighted by molar-refractivity contribution is 5.93. The van der Waals surface area contributed by atoms with E-state index in [1.807, 2.05) is 30.3 Å². The van der Waals surface area contributed by atoms with Gasteiger partial charge in [0.1, 0.15) is 12.3 Å². The van der Waals surface area contributed by atoms with E-state index in [-0.39, 0.29) is 19.1 Å². The third-order valence-electron chi connectivity index (χ3n) is 3.32. The van der Waals surface area contributed by atoms with Crippen LogP contribution < -0.4 is 4.90 Å². The van der Waals surface area contributed by atoms with E-state index in [4.69, 9.17) is 13.7 Å². The minimum absolute atomic E-state index is 0.0334.